The van der Waals surface area contributed by atoms with Crippen molar-refractivity contribution in [3.05, 3.63) is 66.0 Å². The molecule has 2 aromatic rings. The second kappa shape index (κ2) is 7.91. The Kier molecular flexibility index (Phi) is 5.19. The third kappa shape index (κ3) is 3.87. The van der Waals surface area contributed by atoms with Crippen molar-refractivity contribution in [3.8, 4) is 0 Å². The first-order chi connectivity index (χ1) is 13.2. The fourth-order valence-electron chi connectivity index (χ4n) is 4.24. The van der Waals surface area contributed by atoms with Crippen molar-refractivity contribution in [1.29, 1.82) is 0 Å². The van der Waals surface area contributed by atoms with Crippen molar-refractivity contribution in [2.75, 3.05) is 13.1 Å². The highest BCUT2D eigenvalue weighted by molar-refractivity contribution is 5.89. The summed E-state index contributed by atoms with van der Waals surface area (Å²) in [5.41, 5.74) is 2.20. The molecule has 140 valence electrons. The fraction of sp³-hybridized carbons (Fsp3) is 0.409. The normalized spacial score (nSPS) is 22.9. The quantitative estimate of drug-likeness (QED) is 0.838. The minimum atomic E-state index is -0.238. The summed E-state index contributed by atoms with van der Waals surface area (Å²) in [6, 6.07) is 14.0. The molecule has 27 heavy (non-hydrogen) atoms. The highest BCUT2D eigenvalue weighted by Gasteiger charge is 2.39. The van der Waals surface area contributed by atoms with E-state index >= 15 is 0 Å². The molecule has 0 N–H and O–H groups in total. The molecule has 1 aromatic heterocycles. The molecule has 5 heteroatoms. The summed E-state index contributed by atoms with van der Waals surface area (Å²) >= 11 is 0. The van der Waals surface area contributed by atoms with Crippen LogP contribution in [0.1, 0.15) is 42.9 Å². The lowest BCUT2D eigenvalue weighted by molar-refractivity contribution is -0.139. The largest absolute Gasteiger partial charge is 0.338 e. The van der Waals surface area contributed by atoms with Crippen molar-refractivity contribution in [3.63, 3.8) is 0 Å². The maximum atomic E-state index is 13.3. The molecule has 2 amide bonds. The predicted molar refractivity (Wildman–Crippen MR) is 103 cm³/mol. The zero-order chi connectivity index (χ0) is 18.6. The monoisotopic (exact) mass is 363 g/mol. The van der Waals surface area contributed by atoms with Gasteiger partial charge < -0.3 is 9.80 Å². The zero-order valence-electron chi connectivity index (χ0n) is 15.5. The number of piperidine rings is 1. The van der Waals surface area contributed by atoms with Gasteiger partial charge in [0.05, 0.1) is 12.0 Å². The van der Waals surface area contributed by atoms with Gasteiger partial charge in [0.2, 0.25) is 11.8 Å². The van der Waals surface area contributed by atoms with E-state index in [1.54, 1.807) is 6.20 Å². The van der Waals surface area contributed by atoms with Gasteiger partial charge in [0.25, 0.3) is 0 Å². The van der Waals surface area contributed by atoms with Crippen LogP contribution in [-0.4, -0.2) is 39.7 Å². The van der Waals surface area contributed by atoms with Crippen molar-refractivity contribution in [1.82, 2.24) is 14.8 Å². The highest BCUT2D eigenvalue weighted by atomic mass is 16.2. The van der Waals surface area contributed by atoms with Crippen LogP contribution >= 0.6 is 0 Å². The van der Waals surface area contributed by atoms with Crippen LogP contribution in [0.2, 0.25) is 0 Å². The van der Waals surface area contributed by atoms with Crippen molar-refractivity contribution < 1.29 is 9.59 Å². The standard InChI is InChI=1S/C22H25N3O2/c26-21-13-19(16-24(21)15-17-7-2-1-3-8-17)22(27)25-12-5-4-10-20(25)18-9-6-11-23-14-18/h1-3,6-9,11,14,19-20H,4-5,10,12-13,15-16H2/t19?,20-/m0/s1. The summed E-state index contributed by atoms with van der Waals surface area (Å²) in [6.07, 6.45) is 7.05. The Hall–Kier alpha value is -2.69. The molecule has 2 atom stereocenters. The van der Waals surface area contributed by atoms with Crippen molar-refractivity contribution in [2.24, 2.45) is 5.92 Å². The van der Waals surface area contributed by atoms with Gasteiger partial charge in [0.15, 0.2) is 0 Å². The van der Waals surface area contributed by atoms with Crippen LogP contribution in [0.15, 0.2) is 54.9 Å². The molecule has 0 radical (unpaired) electrons. The lowest BCUT2D eigenvalue weighted by atomic mass is 9.94. The van der Waals surface area contributed by atoms with Gasteiger partial charge in [-0.3, -0.25) is 14.6 Å². The molecule has 0 saturated carbocycles. The number of pyridine rings is 1. The van der Waals surface area contributed by atoms with E-state index in [2.05, 4.69) is 4.98 Å². The van der Waals surface area contributed by atoms with Crippen molar-refractivity contribution in [2.45, 2.75) is 38.3 Å². The Morgan fingerprint density at radius 3 is 2.74 bits per heavy atom. The van der Waals surface area contributed by atoms with Gasteiger partial charge in [0, 0.05) is 38.4 Å². The van der Waals surface area contributed by atoms with Crippen LogP contribution in [0.5, 0.6) is 0 Å². The van der Waals surface area contributed by atoms with E-state index in [1.165, 1.54) is 0 Å². The Morgan fingerprint density at radius 1 is 1.11 bits per heavy atom. The van der Waals surface area contributed by atoms with Gasteiger partial charge in [-0.25, -0.2) is 0 Å². The van der Waals surface area contributed by atoms with E-state index in [4.69, 9.17) is 0 Å². The van der Waals surface area contributed by atoms with Gasteiger partial charge in [-0.1, -0.05) is 36.4 Å². The topological polar surface area (TPSA) is 53.5 Å². The average Bonchev–Trinajstić information content (AvgIpc) is 3.09. The van der Waals surface area contributed by atoms with Gasteiger partial charge in [-0.2, -0.15) is 0 Å². The number of amides is 2. The molecule has 2 saturated heterocycles. The first kappa shape index (κ1) is 17.7. The third-order valence-electron chi connectivity index (χ3n) is 5.64. The third-order valence-corrected chi connectivity index (χ3v) is 5.64. The lowest BCUT2D eigenvalue weighted by Crippen LogP contribution is -2.42. The number of rotatable bonds is 4. The first-order valence-corrected chi connectivity index (χ1v) is 9.74. The van der Waals surface area contributed by atoms with Gasteiger partial charge in [-0.05, 0) is 36.5 Å². The van der Waals surface area contributed by atoms with Gasteiger partial charge >= 0.3 is 0 Å². The summed E-state index contributed by atoms with van der Waals surface area (Å²) in [5, 5.41) is 0. The van der Waals surface area contributed by atoms with E-state index in [0.29, 0.717) is 19.5 Å². The number of hydrogen-bond donors (Lipinski definition) is 0. The van der Waals surface area contributed by atoms with E-state index in [-0.39, 0.29) is 23.8 Å². The van der Waals surface area contributed by atoms with E-state index in [0.717, 1.165) is 36.9 Å². The fourth-order valence-corrected chi connectivity index (χ4v) is 4.24. The molecule has 2 aliphatic rings. The molecule has 2 fully saturated rings. The number of carbonyl (C=O) groups excluding carboxylic acids is 2. The molecule has 0 spiro atoms. The molecule has 5 nitrogen and oxygen atoms in total. The SMILES string of the molecule is O=C1CC(C(=O)N2CCCC[C@H]2c2cccnc2)CN1Cc1ccccc1. The summed E-state index contributed by atoms with van der Waals surface area (Å²) in [5.74, 6) is -0.0434. The summed E-state index contributed by atoms with van der Waals surface area (Å²) in [6.45, 7) is 1.86. The summed E-state index contributed by atoms with van der Waals surface area (Å²) in [4.78, 5) is 33.8. The van der Waals surface area contributed by atoms with Crippen molar-refractivity contribution >= 4 is 11.8 Å². The maximum Gasteiger partial charge on any atom is 0.228 e. The number of carbonyl (C=O) groups is 2. The molecule has 1 unspecified atom stereocenters. The number of aromatic nitrogens is 1. The van der Waals surface area contributed by atoms with Crippen LogP contribution in [-0.2, 0) is 16.1 Å². The number of hydrogen-bond acceptors (Lipinski definition) is 3. The Labute approximate surface area is 160 Å². The second-order valence-electron chi connectivity index (χ2n) is 7.49. The molecule has 2 aliphatic heterocycles. The molecule has 1 aromatic carbocycles. The van der Waals surface area contributed by atoms with Crippen LogP contribution in [0, 0.1) is 5.92 Å². The van der Waals surface area contributed by atoms with E-state index in [1.807, 2.05) is 58.5 Å². The number of benzene rings is 1. The highest BCUT2D eigenvalue weighted by Crippen LogP contribution is 2.33. The summed E-state index contributed by atoms with van der Waals surface area (Å²) in [7, 11) is 0. The molecule has 0 aliphatic carbocycles. The first-order valence-electron chi connectivity index (χ1n) is 9.74. The molecular weight excluding hydrogens is 338 g/mol. The summed E-state index contributed by atoms with van der Waals surface area (Å²) < 4.78 is 0. The Balaban J connectivity index is 1.46. The van der Waals surface area contributed by atoms with Crippen LogP contribution in [0.3, 0.4) is 0 Å². The average molecular weight is 363 g/mol. The maximum absolute atomic E-state index is 13.3. The second-order valence-corrected chi connectivity index (χ2v) is 7.49. The molecule has 0 bridgehead atoms. The smallest absolute Gasteiger partial charge is 0.228 e. The minimum absolute atomic E-state index is 0.0761. The molecular formula is C22H25N3O2. The molecule has 4 rings (SSSR count). The zero-order valence-corrected chi connectivity index (χ0v) is 15.5. The molecule has 3 heterocycles. The van der Waals surface area contributed by atoms with E-state index in [9.17, 15) is 9.59 Å². The predicted octanol–water partition coefficient (Wildman–Crippen LogP) is 3.18. The van der Waals surface area contributed by atoms with Crippen LogP contribution in [0.25, 0.3) is 0 Å². The lowest BCUT2D eigenvalue weighted by Gasteiger charge is -2.37. The van der Waals surface area contributed by atoms with Crippen LogP contribution in [0.4, 0.5) is 0 Å². The number of likely N-dealkylation sites (tertiary alicyclic amines) is 2. The van der Waals surface area contributed by atoms with Crippen LogP contribution < -0.4 is 0 Å². The van der Waals surface area contributed by atoms with E-state index < -0.39 is 0 Å². The number of nitrogens with zero attached hydrogens (tertiary/aromatic N) is 3. The minimum Gasteiger partial charge on any atom is -0.338 e. The Bertz CT molecular complexity index is 794. The van der Waals surface area contributed by atoms with Gasteiger partial charge in [0.1, 0.15) is 0 Å². The Morgan fingerprint density at radius 2 is 1.96 bits per heavy atom. The van der Waals surface area contributed by atoms with Gasteiger partial charge in [-0.15, -0.1) is 0 Å².